The van der Waals surface area contributed by atoms with Gasteiger partial charge in [0.1, 0.15) is 34.5 Å². The monoisotopic (exact) mass is 1420 g/mol. The average Bonchev–Trinajstić information content (AvgIpc) is 1.53. The van der Waals surface area contributed by atoms with Crippen LogP contribution in [0.5, 0.6) is 17.6 Å². The van der Waals surface area contributed by atoms with Gasteiger partial charge in [-0.1, -0.05) is 94.6 Å². The Morgan fingerprint density at radius 1 is 0.490 bits per heavy atom. The third kappa shape index (κ3) is 16.2. The topological polar surface area (TPSA) is 310 Å². The van der Waals surface area contributed by atoms with Gasteiger partial charge in [-0.05, 0) is 172 Å². The molecule has 0 fully saturated rings. The van der Waals surface area contributed by atoms with E-state index in [0.717, 1.165) is 83.5 Å². The molecule has 0 saturated heterocycles. The Morgan fingerprint density at radius 2 is 0.900 bits per heavy atom. The number of benzene rings is 3. The molecule has 0 radical (unpaired) electrons. The molecule has 24 nitrogen and oxygen atoms in total. The Morgan fingerprint density at radius 3 is 1.34 bits per heavy atom. The largest absolute Gasteiger partial charge is 0.476 e. The minimum atomic E-state index is -4.13. The highest BCUT2D eigenvalue weighted by Crippen LogP contribution is 2.38. The van der Waals surface area contributed by atoms with E-state index in [2.05, 4.69) is 98.1 Å². The van der Waals surface area contributed by atoms with E-state index in [9.17, 15) is 39.6 Å². The van der Waals surface area contributed by atoms with Gasteiger partial charge in [-0.15, -0.1) is 0 Å². The van der Waals surface area contributed by atoms with Crippen LogP contribution in [0.15, 0.2) is 125 Å². The number of carbonyl (C=O) groups is 3. The van der Waals surface area contributed by atoms with Crippen molar-refractivity contribution in [3.05, 3.63) is 177 Å². The number of ether oxygens (including phenoxy) is 3. The van der Waals surface area contributed by atoms with Crippen molar-refractivity contribution in [2.75, 3.05) is 19.8 Å². The van der Waals surface area contributed by atoms with Crippen molar-refractivity contribution in [1.29, 1.82) is 0 Å². The molecule has 0 saturated carbocycles. The zero-order chi connectivity index (χ0) is 72.7. The summed E-state index contributed by atoms with van der Waals surface area (Å²) in [6.07, 6.45) is 8.82. The standard InChI is InChI=1S/C26H32N4O4S.C25H30N4O4S.C22H24N4O4S/c1-15(2)20-10-16(3)11-21-19-8-9-27-24(12-19)34-14-26(6,7)30-18(5)25(17(4)28-30)35(32,33)29-23(31)13-22(20)21;1-15(2)19-9-16(3)10-20-18-7-8-26-24(11-18)33-14-25(5,6)29-13-22(17(4)27-29)34(31,32)28-23(30)12-21(19)20;1-14(2)18-8-15(3)9-19-16-4-5-23-22(10-16)30-7-6-26-13-17(12-24-26)31(28,29)25-21(27)11-20(18)19/h8-12,15H,13-14H2,1-7H3,(H,29,31);7-11,13,15H,12,14H2,1-6H3,(H,28,30);4-5,8-10,12-14H,6-7,11H2,1-3H3,(H,25,27). The van der Waals surface area contributed by atoms with E-state index in [0.29, 0.717) is 41.3 Å². The number of nitrogens with zero attached hydrogens (tertiary/aromatic N) is 9. The summed E-state index contributed by atoms with van der Waals surface area (Å²) in [7, 11) is -12.3. The molecule has 12 bridgehead atoms. The molecule has 3 amide bonds. The Bertz CT molecular complexity index is 5030. The van der Waals surface area contributed by atoms with E-state index in [4.69, 9.17) is 14.2 Å². The van der Waals surface area contributed by atoms with Crippen molar-refractivity contribution in [3.63, 3.8) is 0 Å². The van der Waals surface area contributed by atoms with E-state index in [1.807, 2.05) is 109 Å². The second kappa shape index (κ2) is 28.6. The first-order valence-corrected chi connectivity index (χ1v) is 37.4. The van der Waals surface area contributed by atoms with Gasteiger partial charge in [0.05, 0.1) is 60.2 Å². The quantitative estimate of drug-likeness (QED) is 0.148. The molecule has 3 aliphatic heterocycles. The van der Waals surface area contributed by atoms with Gasteiger partial charge in [0.25, 0.3) is 30.1 Å². The van der Waals surface area contributed by atoms with Gasteiger partial charge in [-0.3, -0.25) is 28.4 Å². The highest BCUT2D eigenvalue weighted by molar-refractivity contribution is 7.90. The van der Waals surface area contributed by atoms with Gasteiger partial charge in [0.2, 0.25) is 35.4 Å². The average molecular weight is 1420 g/mol. The minimum Gasteiger partial charge on any atom is -0.476 e. The van der Waals surface area contributed by atoms with Crippen LogP contribution in [-0.4, -0.2) is 107 Å². The Labute approximate surface area is 584 Å². The smallest absolute Gasteiger partial charge is 0.267 e. The normalized spacial score (nSPS) is 16.8. The Hall–Kier alpha value is -9.60. The number of nitrogens with one attached hydrogen (secondary N) is 3. The van der Waals surface area contributed by atoms with Crippen LogP contribution in [0.1, 0.15) is 154 Å². The number of aromatic nitrogens is 9. The van der Waals surface area contributed by atoms with Crippen molar-refractivity contribution < 1.29 is 53.8 Å². The first kappa shape index (κ1) is 73.1. The van der Waals surface area contributed by atoms with Crippen molar-refractivity contribution in [2.45, 2.75) is 180 Å². The summed E-state index contributed by atoms with van der Waals surface area (Å²) >= 11 is 0. The third-order valence-corrected chi connectivity index (χ3v) is 21.9. The maximum Gasteiger partial charge on any atom is 0.267 e. The van der Waals surface area contributed by atoms with Crippen molar-refractivity contribution in [3.8, 4) is 51.0 Å². The predicted octanol–water partition coefficient (Wildman–Crippen LogP) is 10.8. The fourth-order valence-corrected chi connectivity index (χ4v) is 16.2. The molecule has 528 valence electrons. The predicted molar refractivity (Wildman–Crippen MR) is 379 cm³/mol. The fourth-order valence-electron chi connectivity index (χ4n) is 12.7. The lowest BCUT2D eigenvalue weighted by Crippen LogP contribution is -2.36. The number of pyridine rings is 3. The number of amides is 3. The van der Waals surface area contributed by atoms with E-state index < -0.39 is 58.9 Å². The van der Waals surface area contributed by atoms with Gasteiger partial charge in [0, 0.05) is 49.2 Å². The number of fused-ring (bicyclic) bond motifs is 18. The zero-order valence-corrected chi connectivity index (χ0v) is 61.7. The lowest BCUT2D eigenvalue weighted by molar-refractivity contribution is -0.119. The summed E-state index contributed by atoms with van der Waals surface area (Å²) in [5.74, 6) is -0.0216. The van der Waals surface area contributed by atoms with Crippen molar-refractivity contribution in [2.24, 2.45) is 0 Å². The van der Waals surface area contributed by atoms with Gasteiger partial charge in [0.15, 0.2) is 0 Å². The summed E-state index contributed by atoms with van der Waals surface area (Å²) in [5, 5.41) is 12.9. The second-order valence-electron chi connectivity index (χ2n) is 27.8. The SMILES string of the molecule is Cc1cc2c(c(C(C)C)c1)CC(=O)NS(=O)(=O)c1c(C)nn(c1C)C(C)(C)COc1cc-2ccn1.Cc1cc2c(c(C(C)C)c1)CC(=O)NS(=O)(=O)c1cn(nc1C)C(C)(C)COc1cc-2ccn1.Cc1cc2c(c(C(C)C)c1)CC(=O)NS(=O)(=O)c1cnn(c1)CCOc1cc-2ccn1. The molecule has 0 atom stereocenters. The van der Waals surface area contributed by atoms with Crippen LogP contribution in [0.2, 0.25) is 0 Å². The first-order valence-electron chi connectivity index (χ1n) is 32.9. The van der Waals surface area contributed by atoms with Crippen molar-refractivity contribution >= 4 is 47.8 Å². The molecule has 9 aromatic rings. The van der Waals surface area contributed by atoms with Crippen LogP contribution in [0, 0.1) is 41.5 Å². The Kier molecular flexibility index (Phi) is 20.9. The molecular weight excluding hydrogens is 1330 g/mol. The van der Waals surface area contributed by atoms with Gasteiger partial charge < -0.3 is 14.2 Å². The molecule has 3 aliphatic rings. The summed E-state index contributed by atoms with van der Waals surface area (Å²) in [6.45, 7) is 31.9. The van der Waals surface area contributed by atoms with Crippen molar-refractivity contribution in [1.82, 2.24) is 58.5 Å². The number of rotatable bonds is 3. The molecule has 3 N–H and O–H groups in total. The highest BCUT2D eigenvalue weighted by Gasteiger charge is 2.35. The lowest BCUT2D eigenvalue weighted by Gasteiger charge is -2.27. The summed E-state index contributed by atoms with van der Waals surface area (Å²) in [5.41, 5.74) is 13.4. The summed E-state index contributed by atoms with van der Waals surface area (Å²) in [4.78, 5) is 52.1. The van der Waals surface area contributed by atoms with Gasteiger partial charge >= 0.3 is 0 Å². The Balaban J connectivity index is 0.000000162. The molecule has 12 rings (SSSR count). The van der Waals surface area contributed by atoms with Crippen LogP contribution in [0.25, 0.3) is 33.4 Å². The molecule has 0 spiro atoms. The maximum absolute atomic E-state index is 13.3. The number of hydrogen-bond donors (Lipinski definition) is 3. The molecule has 27 heteroatoms. The second-order valence-corrected chi connectivity index (χ2v) is 32.7. The first-order chi connectivity index (χ1) is 46.9. The van der Waals surface area contributed by atoms with Gasteiger partial charge in [-0.25, -0.2) is 54.4 Å². The molecule has 0 unspecified atom stereocenters. The number of sulfonamides is 3. The molecule has 100 heavy (non-hydrogen) atoms. The minimum absolute atomic E-state index is 0.0145. The maximum atomic E-state index is 13.3. The van der Waals surface area contributed by atoms with E-state index in [1.54, 1.807) is 48.7 Å². The lowest BCUT2D eigenvalue weighted by atomic mass is 9.87. The third-order valence-electron chi connectivity index (χ3n) is 17.5. The van der Waals surface area contributed by atoms with Crippen LogP contribution in [0.4, 0.5) is 0 Å². The van der Waals surface area contributed by atoms with E-state index in [1.165, 1.54) is 23.3 Å². The number of aryl methyl sites for hydroxylation is 5. The summed E-state index contributed by atoms with van der Waals surface area (Å²) < 4.78 is 108. The molecule has 0 aliphatic carbocycles. The van der Waals surface area contributed by atoms with E-state index in [-0.39, 0.29) is 71.5 Å². The van der Waals surface area contributed by atoms with Gasteiger partial charge in [-0.2, -0.15) is 15.3 Å². The van der Waals surface area contributed by atoms with Crippen LogP contribution < -0.4 is 28.4 Å². The fraction of sp³-hybridized carbons (Fsp3) is 0.384. The number of hydrogen-bond acceptors (Lipinski definition) is 18. The highest BCUT2D eigenvalue weighted by atomic mass is 32.2. The van der Waals surface area contributed by atoms with Crippen LogP contribution in [0.3, 0.4) is 0 Å². The molecular formula is C73H86N12O12S3. The zero-order valence-electron chi connectivity index (χ0n) is 59.2. The molecule has 3 aromatic carbocycles. The molecule has 9 heterocycles. The number of carbonyl (C=O) groups excluding carboxylic acids is 3. The van der Waals surface area contributed by atoms with Crippen LogP contribution >= 0.6 is 0 Å². The summed E-state index contributed by atoms with van der Waals surface area (Å²) in [6, 6.07) is 23.3. The van der Waals surface area contributed by atoms with E-state index >= 15 is 0 Å². The van der Waals surface area contributed by atoms with Crippen LogP contribution in [-0.2, 0) is 81.3 Å². The molecule has 6 aromatic heterocycles.